The van der Waals surface area contributed by atoms with Gasteiger partial charge in [-0.25, -0.2) is 0 Å². The number of hydrogen-bond donors (Lipinski definition) is 1. The molecule has 0 heterocycles. The van der Waals surface area contributed by atoms with Crippen LogP contribution in [0.4, 0.5) is 0 Å². The Hall–Kier alpha value is -1.52. The fourth-order valence-corrected chi connectivity index (χ4v) is 1.70. The Morgan fingerprint density at radius 1 is 1.00 bits per heavy atom. The van der Waals surface area contributed by atoms with E-state index in [0.29, 0.717) is 6.42 Å². The highest BCUT2D eigenvalue weighted by atomic mass is 16.1. The van der Waals surface area contributed by atoms with Gasteiger partial charge in [0.2, 0.25) is 5.91 Å². The molecule has 108 valence electrons. The molecule has 0 fully saturated rings. The summed E-state index contributed by atoms with van der Waals surface area (Å²) in [5.74, 6) is -1.51. The lowest BCUT2D eigenvalue weighted by atomic mass is 9.88. The van der Waals surface area contributed by atoms with Gasteiger partial charge in [0.15, 0.2) is 0 Å². The summed E-state index contributed by atoms with van der Waals surface area (Å²) in [6.07, 6.45) is 1.66. The van der Waals surface area contributed by atoms with E-state index in [1.807, 2.05) is 0 Å². The molecule has 0 aromatic carbocycles. The number of hydrogen-bond acceptors (Lipinski definition) is 4. The zero-order valence-electron chi connectivity index (χ0n) is 11.8. The largest absolute Gasteiger partial charge is 0.370 e. The Morgan fingerprint density at radius 2 is 1.53 bits per heavy atom. The maximum Gasteiger partial charge on any atom is 0.217 e. The zero-order chi connectivity index (χ0) is 15.0. The van der Waals surface area contributed by atoms with E-state index >= 15 is 0 Å². The van der Waals surface area contributed by atoms with Crippen LogP contribution in [0.25, 0.3) is 0 Å². The highest BCUT2D eigenvalue weighted by Crippen LogP contribution is 2.16. The standard InChI is InChI=1S/C14H23NO4/c1-9(8-16)6-12(17)11(3)7-13(18)10(2)4-5-14(15)19/h8-11H,4-7H2,1-3H3,(H2,15,19). The molecule has 0 aliphatic carbocycles. The van der Waals surface area contributed by atoms with Crippen LogP contribution >= 0.6 is 0 Å². The third-order valence-corrected chi connectivity index (χ3v) is 3.19. The quantitative estimate of drug-likeness (QED) is 0.604. The van der Waals surface area contributed by atoms with Gasteiger partial charge in [0.1, 0.15) is 17.9 Å². The normalized spacial score (nSPS) is 15.3. The summed E-state index contributed by atoms with van der Waals surface area (Å²) in [7, 11) is 0. The van der Waals surface area contributed by atoms with Crippen LogP contribution in [0, 0.1) is 17.8 Å². The molecule has 5 heteroatoms. The Kier molecular flexibility index (Phi) is 7.87. The van der Waals surface area contributed by atoms with Gasteiger partial charge < -0.3 is 10.5 Å². The summed E-state index contributed by atoms with van der Waals surface area (Å²) >= 11 is 0. The number of nitrogens with two attached hydrogens (primary N) is 1. The lowest BCUT2D eigenvalue weighted by Crippen LogP contribution is -2.22. The van der Waals surface area contributed by atoms with E-state index in [9.17, 15) is 19.2 Å². The summed E-state index contributed by atoms with van der Waals surface area (Å²) in [6.45, 7) is 5.10. The molecule has 0 aromatic rings. The molecule has 0 bridgehead atoms. The minimum absolute atomic E-state index is 0.0409. The van der Waals surface area contributed by atoms with Crippen molar-refractivity contribution >= 4 is 23.8 Å². The topological polar surface area (TPSA) is 94.3 Å². The summed E-state index contributed by atoms with van der Waals surface area (Å²) in [5, 5.41) is 0. The molecular weight excluding hydrogens is 246 g/mol. The number of aldehydes is 1. The molecule has 0 rings (SSSR count). The van der Waals surface area contributed by atoms with Gasteiger partial charge in [-0.15, -0.1) is 0 Å². The second-order valence-electron chi connectivity index (χ2n) is 5.26. The fourth-order valence-electron chi connectivity index (χ4n) is 1.70. The van der Waals surface area contributed by atoms with Crippen molar-refractivity contribution in [1.82, 2.24) is 0 Å². The number of ketones is 2. The van der Waals surface area contributed by atoms with E-state index in [2.05, 4.69) is 0 Å². The number of primary amides is 1. The van der Waals surface area contributed by atoms with E-state index in [-0.39, 0.29) is 48.6 Å². The maximum atomic E-state index is 11.9. The molecule has 1 amide bonds. The van der Waals surface area contributed by atoms with Gasteiger partial charge in [0.25, 0.3) is 0 Å². The summed E-state index contributed by atoms with van der Waals surface area (Å²) in [5.41, 5.74) is 5.02. The smallest absolute Gasteiger partial charge is 0.217 e. The van der Waals surface area contributed by atoms with E-state index < -0.39 is 5.91 Å². The first kappa shape index (κ1) is 17.5. The molecule has 3 unspecified atom stereocenters. The number of amides is 1. The monoisotopic (exact) mass is 269 g/mol. The molecule has 0 saturated carbocycles. The SMILES string of the molecule is CC(C=O)CC(=O)C(C)CC(=O)C(C)CCC(N)=O. The number of carbonyl (C=O) groups is 4. The summed E-state index contributed by atoms with van der Waals surface area (Å²) in [4.78, 5) is 44.7. The second-order valence-corrected chi connectivity index (χ2v) is 5.26. The molecule has 0 aromatic heterocycles. The molecule has 0 saturated heterocycles. The lowest BCUT2D eigenvalue weighted by Gasteiger charge is -2.14. The van der Waals surface area contributed by atoms with Gasteiger partial charge in [-0.2, -0.15) is 0 Å². The van der Waals surface area contributed by atoms with E-state index in [4.69, 9.17) is 5.73 Å². The third-order valence-electron chi connectivity index (χ3n) is 3.19. The Bertz CT molecular complexity index is 351. The van der Waals surface area contributed by atoms with Gasteiger partial charge in [0.05, 0.1) is 0 Å². The van der Waals surface area contributed by atoms with Crippen LogP contribution in [-0.4, -0.2) is 23.8 Å². The van der Waals surface area contributed by atoms with Crippen molar-refractivity contribution in [2.45, 2.75) is 46.5 Å². The molecule has 19 heavy (non-hydrogen) atoms. The number of rotatable bonds is 10. The predicted molar refractivity (Wildman–Crippen MR) is 71.2 cm³/mol. The Labute approximate surface area is 113 Å². The van der Waals surface area contributed by atoms with Crippen molar-refractivity contribution in [3.8, 4) is 0 Å². The van der Waals surface area contributed by atoms with Crippen LogP contribution in [0.1, 0.15) is 46.5 Å². The molecule has 0 spiro atoms. The molecule has 2 N–H and O–H groups in total. The van der Waals surface area contributed by atoms with Crippen molar-refractivity contribution in [3.05, 3.63) is 0 Å². The van der Waals surface area contributed by atoms with E-state index in [0.717, 1.165) is 6.29 Å². The highest BCUT2D eigenvalue weighted by molar-refractivity contribution is 5.89. The van der Waals surface area contributed by atoms with Crippen molar-refractivity contribution in [1.29, 1.82) is 0 Å². The Morgan fingerprint density at radius 3 is 2.00 bits per heavy atom. The Balaban J connectivity index is 4.20. The van der Waals surface area contributed by atoms with Crippen LogP contribution in [-0.2, 0) is 19.2 Å². The van der Waals surface area contributed by atoms with E-state index in [1.165, 1.54) is 0 Å². The average molecular weight is 269 g/mol. The zero-order valence-corrected chi connectivity index (χ0v) is 11.8. The second kappa shape index (κ2) is 8.56. The molecule has 0 aliphatic heterocycles. The molecule has 0 radical (unpaired) electrons. The van der Waals surface area contributed by atoms with Crippen LogP contribution in [0.15, 0.2) is 0 Å². The minimum atomic E-state index is -0.427. The lowest BCUT2D eigenvalue weighted by molar-refractivity contribution is -0.130. The predicted octanol–water partition coefficient (Wildman–Crippen LogP) is 1.28. The first-order chi connectivity index (χ1) is 8.77. The van der Waals surface area contributed by atoms with Gasteiger partial charge in [-0.05, 0) is 6.42 Å². The van der Waals surface area contributed by atoms with Gasteiger partial charge >= 0.3 is 0 Å². The van der Waals surface area contributed by atoms with Crippen LogP contribution in [0.2, 0.25) is 0 Å². The van der Waals surface area contributed by atoms with E-state index in [1.54, 1.807) is 20.8 Å². The molecular formula is C14H23NO4. The fraction of sp³-hybridized carbons (Fsp3) is 0.714. The van der Waals surface area contributed by atoms with Crippen molar-refractivity contribution < 1.29 is 19.2 Å². The highest BCUT2D eigenvalue weighted by Gasteiger charge is 2.22. The van der Waals surface area contributed by atoms with Crippen LogP contribution in [0.3, 0.4) is 0 Å². The number of carbonyl (C=O) groups excluding carboxylic acids is 4. The van der Waals surface area contributed by atoms with Crippen molar-refractivity contribution in [2.24, 2.45) is 23.5 Å². The van der Waals surface area contributed by atoms with Gasteiger partial charge in [0, 0.05) is 37.0 Å². The first-order valence-electron chi connectivity index (χ1n) is 6.56. The van der Waals surface area contributed by atoms with Crippen LogP contribution in [0.5, 0.6) is 0 Å². The molecule has 0 aliphatic rings. The average Bonchev–Trinajstić information content (AvgIpc) is 2.35. The molecule has 5 nitrogen and oxygen atoms in total. The van der Waals surface area contributed by atoms with Crippen molar-refractivity contribution in [3.63, 3.8) is 0 Å². The van der Waals surface area contributed by atoms with Crippen molar-refractivity contribution in [2.75, 3.05) is 0 Å². The third kappa shape index (κ3) is 7.49. The minimum Gasteiger partial charge on any atom is -0.370 e. The summed E-state index contributed by atoms with van der Waals surface area (Å²) < 4.78 is 0. The maximum absolute atomic E-state index is 11.9. The van der Waals surface area contributed by atoms with Gasteiger partial charge in [-0.3, -0.25) is 14.4 Å². The van der Waals surface area contributed by atoms with Crippen LogP contribution < -0.4 is 5.73 Å². The van der Waals surface area contributed by atoms with Gasteiger partial charge in [-0.1, -0.05) is 20.8 Å². The first-order valence-corrected chi connectivity index (χ1v) is 6.56. The summed E-state index contributed by atoms with van der Waals surface area (Å²) in [6, 6.07) is 0. The number of Topliss-reactive ketones (excluding diaryl/α,β-unsaturated/α-hetero) is 2. The molecule has 3 atom stereocenters.